The summed E-state index contributed by atoms with van der Waals surface area (Å²) in [6, 6.07) is 12.5. The van der Waals surface area contributed by atoms with Gasteiger partial charge in [0.15, 0.2) is 11.5 Å². The second-order valence-electron chi connectivity index (χ2n) is 8.93. The molecule has 1 saturated heterocycles. The van der Waals surface area contributed by atoms with Gasteiger partial charge in [0.1, 0.15) is 5.75 Å². The van der Waals surface area contributed by atoms with Crippen LogP contribution >= 0.6 is 0 Å². The average molecular weight is 455 g/mol. The van der Waals surface area contributed by atoms with E-state index >= 15 is 0 Å². The molecule has 0 spiro atoms. The number of benzene rings is 2. The summed E-state index contributed by atoms with van der Waals surface area (Å²) < 4.78 is 16.2. The number of carboxylic acid groups (broad SMARTS) is 1. The fourth-order valence-corrected chi connectivity index (χ4v) is 4.63. The van der Waals surface area contributed by atoms with E-state index in [1.807, 2.05) is 61.2 Å². The Hall–Kier alpha value is -3.26. The van der Waals surface area contributed by atoms with Gasteiger partial charge in [-0.3, -0.25) is 14.5 Å². The zero-order valence-electron chi connectivity index (χ0n) is 19.1. The van der Waals surface area contributed by atoms with Crippen molar-refractivity contribution < 1.29 is 28.9 Å². The quantitative estimate of drug-likeness (QED) is 0.633. The number of carboxylic acids is 1. The van der Waals surface area contributed by atoms with Crippen molar-refractivity contribution in [2.45, 2.75) is 25.8 Å². The van der Waals surface area contributed by atoms with Gasteiger partial charge < -0.3 is 24.6 Å². The first-order valence-electron chi connectivity index (χ1n) is 11.1. The summed E-state index contributed by atoms with van der Waals surface area (Å²) in [5.41, 5.74) is 1.69. The first kappa shape index (κ1) is 22.9. The van der Waals surface area contributed by atoms with Crippen molar-refractivity contribution in [1.29, 1.82) is 0 Å². The van der Waals surface area contributed by atoms with E-state index in [-0.39, 0.29) is 25.2 Å². The maximum atomic E-state index is 12.7. The molecule has 0 aliphatic carbocycles. The Bertz CT molecular complexity index is 1010. The monoisotopic (exact) mass is 454 g/mol. The van der Waals surface area contributed by atoms with Crippen molar-refractivity contribution in [2.24, 2.45) is 11.8 Å². The molecule has 1 unspecified atom stereocenters. The molecule has 2 aromatic carbocycles. The summed E-state index contributed by atoms with van der Waals surface area (Å²) in [7, 11) is 1.59. The molecule has 176 valence electrons. The molecule has 8 heteroatoms. The lowest BCUT2D eigenvalue weighted by Gasteiger charge is -2.27. The van der Waals surface area contributed by atoms with Crippen molar-refractivity contribution >= 4 is 11.9 Å². The summed E-state index contributed by atoms with van der Waals surface area (Å²) >= 11 is 0. The van der Waals surface area contributed by atoms with Gasteiger partial charge >= 0.3 is 5.97 Å². The normalized spacial score (nSPS) is 21.9. The molecule has 2 aromatic rings. The summed E-state index contributed by atoms with van der Waals surface area (Å²) in [5, 5.41) is 13.2. The molecule has 4 rings (SSSR count). The molecule has 0 bridgehead atoms. The van der Waals surface area contributed by atoms with Crippen LogP contribution in [0.5, 0.6) is 17.2 Å². The molecule has 2 aliphatic heterocycles. The number of hydrogen-bond donors (Lipinski definition) is 2. The van der Waals surface area contributed by atoms with Gasteiger partial charge in [-0.25, -0.2) is 0 Å². The topological polar surface area (TPSA) is 97.3 Å². The van der Waals surface area contributed by atoms with Crippen molar-refractivity contribution in [3.63, 3.8) is 0 Å². The smallest absolute Gasteiger partial charge is 0.309 e. The van der Waals surface area contributed by atoms with Crippen LogP contribution in [0.25, 0.3) is 0 Å². The molecule has 0 saturated carbocycles. The number of carbonyl (C=O) groups excluding carboxylic acids is 1. The van der Waals surface area contributed by atoms with E-state index in [0.29, 0.717) is 36.3 Å². The van der Waals surface area contributed by atoms with E-state index < -0.39 is 17.9 Å². The van der Waals surface area contributed by atoms with E-state index in [1.165, 1.54) is 0 Å². The van der Waals surface area contributed by atoms with Crippen LogP contribution in [0.15, 0.2) is 42.5 Å². The third-order valence-corrected chi connectivity index (χ3v) is 6.22. The van der Waals surface area contributed by atoms with Gasteiger partial charge in [-0.15, -0.1) is 0 Å². The lowest BCUT2D eigenvalue weighted by molar-refractivity contribution is -0.143. The summed E-state index contributed by atoms with van der Waals surface area (Å²) in [6.07, 6.45) is 0. The van der Waals surface area contributed by atoms with Gasteiger partial charge in [0, 0.05) is 25.0 Å². The second kappa shape index (κ2) is 9.70. The van der Waals surface area contributed by atoms with E-state index in [1.54, 1.807) is 7.11 Å². The minimum Gasteiger partial charge on any atom is -0.497 e. The molecule has 2 N–H and O–H groups in total. The van der Waals surface area contributed by atoms with Crippen molar-refractivity contribution in [3.8, 4) is 17.2 Å². The predicted molar refractivity (Wildman–Crippen MR) is 122 cm³/mol. The van der Waals surface area contributed by atoms with Crippen LogP contribution < -0.4 is 19.5 Å². The van der Waals surface area contributed by atoms with Crippen LogP contribution in [-0.2, 0) is 9.59 Å². The second-order valence-corrected chi connectivity index (χ2v) is 8.93. The third kappa shape index (κ3) is 4.90. The number of methoxy groups -OCH3 is 1. The third-order valence-electron chi connectivity index (χ3n) is 6.22. The Kier molecular flexibility index (Phi) is 6.74. The Balaban J connectivity index is 1.68. The first-order valence-corrected chi connectivity index (χ1v) is 11.1. The number of nitrogens with one attached hydrogen (secondary N) is 1. The van der Waals surface area contributed by atoms with Crippen molar-refractivity contribution in [3.05, 3.63) is 53.6 Å². The standard InChI is InChI=1S/C25H30N2O6/c1-15(2)11-26-22(28)13-27-12-19(17-6-9-20-21(10-17)33-14-32-20)23(25(29)30)24(27)16-4-7-18(31-3)8-5-16/h4-10,15,19,23-24H,11-14H2,1-3H3,(H,26,28)(H,29,30)/t19?,23-,24+/m0/s1. The molecule has 0 aromatic heterocycles. The molecule has 0 radical (unpaired) electrons. The number of ether oxygens (including phenoxy) is 3. The predicted octanol–water partition coefficient (Wildman–Crippen LogP) is 3.04. The minimum atomic E-state index is -0.899. The summed E-state index contributed by atoms with van der Waals surface area (Å²) in [6.45, 7) is 5.35. The highest BCUT2D eigenvalue weighted by molar-refractivity contribution is 5.79. The van der Waals surface area contributed by atoms with Gasteiger partial charge in [-0.05, 0) is 41.3 Å². The van der Waals surface area contributed by atoms with Crippen molar-refractivity contribution in [2.75, 3.05) is 33.5 Å². The zero-order valence-corrected chi connectivity index (χ0v) is 19.1. The van der Waals surface area contributed by atoms with Gasteiger partial charge in [-0.1, -0.05) is 32.0 Å². The molecular weight excluding hydrogens is 424 g/mol. The van der Waals surface area contributed by atoms with E-state index in [2.05, 4.69) is 5.32 Å². The highest BCUT2D eigenvalue weighted by Crippen LogP contribution is 2.47. The maximum Gasteiger partial charge on any atom is 0.309 e. The van der Waals surface area contributed by atoms with E-state index in [4.69, 9.17) is 14.2 Å². The van der Waals surface area contributed by atoms with Gasteiger partial charge in [-0.2, -0.15) is 0 Å². The number of carbonyl (C=O) groups is 2. The number of nitrogens with zero attached hydrogens (tertiary/aromatic N) is 1. The SMILES string of the molecule is COc1ccc([C@@H]2[C@@H](C(=O)O)C(c3ccc4c(c3)OCO4)CN2CC(=O)NCC(C)C)cc1. The fraction of sp³-hybridized carbons (Fsp3) is 0.440. The lowest BCUT2D eigenvalue weighted by Crippen LogP contribution is -2.39. The first-order chi connectivity index (χ1) is 15.9. The average Bonchev–Trinajstić information content (AvgIpc) is 3.42. The van der Waals surface area contributed by atoms with Crippen LogP contribution in [-0.4, -0.2) is 55.4 Å². The van der Waals surface area contributed by atoms with Crippen LogP contribution in [0.4, 0.5) is 0 Å². The highest BCUT2D eigenvalue weighted by atomic mass is 16.7. The number of amides is 1. The van der Waals surface area contributed by atoms with E-state index in [9.17, 15) is 14.7 Å². The van der Waals surface area contributed by atoms with E-state index in [0.717, 1.165) is 11.1 Å². The zero-order chi connectivity index (χ0) is 23.5. The maximum absolute atomic E-state index is 12.7. The molecular formula is C25H30N2O6. The Labute approximate surface area is 193 Å². The summed E-state index contributed by atoms with van der Waals surface area (Å²) in [5.74, 6) is 0.223. The van der Waals surface area contributed by atoms with Gasteiger partial charge in [0.05, 0.1) is 19.6 Å². The van der Waals surface area contributed by atoms with Crippen LogP contribution in [0.3, 0.4) is 0 Å². The molecule has 33 heavy (non-hydrogen) atoms. The Morgan fingerprint density at radius 2 is 1.82 bits per heavy atom. The number of hydrogen-bond acceptors (Lipinski definition) is 6. The lowest BCUT2D eigenvalue weighted by atomic mass is 9.82. The molecule has 2 heterocycles. The molecule has 1 amide bonds. The largest absolute Gasteiger partial charge is 0.497 e. The van der Waals surface area contributed by atoms with Crippen molar-refractivity contribution in [1.82, 2.24) is 10.2 Å². The van der Waals surface area contributed by atoms with Crippen LogP contribution in [0, 0.1) is 11.8 Å². The number of rotatable bonds is 8. The Morgan fingerprint density at radius 1 is 1.12 bits per heavy atom. The molecule has 8 nitrogen and oxygen atoms in total. The minimum absolute atomic E-state index is 0.113. The fourth-order valence-electron chi connectivity index (χ4n) is 4.63. The molecule has 2 aliphatic rings. The summed E-state index contributed by atoms with van der Waals surface area (Å²) in [4.78, 5) is 27.2. The number of likely N-dealkylation sites (tertiary alicyclic amines) is 1. The molecule has 3 atom stereocenters. The van der Waals surface area contributed by atoms with Gasteiger partial charge in [0.2, 0.25) is 12.7 Å². The number of fused-ring (bicyclic) bond motifs is 1. The Morgan fingerprint density at radius 3 is 2.48 bits per heavy atom. The van der Waals surface area contributed by atoms with Gasteiger partial charge in [0.25, 0.3) is 0 Å². The highest BCUT2D eigenvalue weighted by Gasteiger charge is 2.48. The molecule has 1 fully saturated rings. The number of aliphatic carboxylic acids is 1. The van der Waals surface area contributed by atoms with Crippen LogP contribution in [0.2, 0.25) is 0 Å². The van der Waals surface area contributed by atoms with Crippen LogP contribution in [0.1, 0.15) is 36.9 Å².